The van der Waals surface area contributed by atoms with E-state index >= 15 is 0 Å². The number of hydrogen-bond donors (Lipinski definition) is 2. The first-order valence-electron chi connectivity index (χ1n) is 7.99. The molecule has 0 aromatic carbocycles. The highest BCUT2D eigenvalue weighted by Gasteiger charge is 2.23. The summed E-state index contributed by atoms with van der Waals surface area (Å²) >= 11 is 0. The van der Waals surface area contributed by atoms with Crippen LogP contribution >= 0.6 is 0 Å². The smallest absolute Gasteiger partial charge is 0.134 e. The lowest BCUT2D eigenvalue weighted by atomic mass is 9.90. The first kappa shape index (κ1) is 16.0. The second-order valence-corrected chi connectivity index (χ2v) is 6.66. The molecule has 1 aromatic rings. The summed E-state index contributed by atoms with van der Waals surface area (Å²) in [6.45, 7) is 8.73. The molecule has 0 aliphatic carbocycles. The molecular weight excluding hydrogens is 264 g/mol. The number of hydrogen-bond acceptors (Lipinski definition) is 5. The van der Waals surface area contributed by atoms with E-state index in [0.717, 1.165) is 44.0 Å². The zero-order valence-corrected chi connectivity index (χ0v) is 13.5. The van der Waals surface area contributed by atoms with E-state index in [-0.39, 0.29) is 18.1 Å². The van der Waals surface area contributed by atoms with Gasteiger partial charge in [-0.1, -0.05) is 20.8 Å². The monoisotopic (exact) mass is 292 g/mol. The van der Waals surface area contributed by atoms with Gasteiger partial charge in [0.05, 0.1) is 12.6 Å². The summed E-state index contributed by atoms with van der Waals surface area (Å²) in [7, 11) is 0. The molecule has 0 amide bonds. The second kappa shape index (κ2) is 7.07. The Hall–Kier alpha value is -1.36. The molecular formula is C16H28N4O. The molecule has 2 rings (SSSR count). The predicted octanol–water partition coefficient (Wildman–Crippen LogP) is 2.68. The van der Waals surface area contributed by atoms with E-state index in [2.05, 4.69) is 41.0 Å². The molecule has 5 nitrogen and oxygen atoms in total. The van der Waals surface area contributed by atoms with Gasteiger partial charge in [0.1, 0.15) is 18.0 Å². The minimum absolute atomic E-state index is 0.189. The predicted molar refractivity (Wildman–Crippen MR) is 86.7 cm³/mol. The number of nitrogens with one attached hydrogen (secondary N) is 1. The van der Waals surface area contributed by atoms with Crippen molar-refractivity contribution >= 4 is 11.6 Å². The van der Waals surface area contributed by atoms with E-state index in [0.29, 0.717) is 0 Å². The van der Waals surface area contributed by atoms with Gasteiger partial charge in [-0.15, -0.1) is 0 Å². The highest BCUT2D eigenvalue weighted by molar-refractivity contribution is 5.49. The van der Waals surface area contributed by atoms with E-state index < -0.39 is 0 Å². The normalized spacial score (nSPS) is 19.6. The number of anilines is 2. The van der Waals surface area contributed by atoms with Crippen molar-refractivity contribution in [2.75, 3.05) is 29.9 Å². The summed E-state index contributed by atoms with van der Waals surface area (Å²) in [5.41, 5.74) is 0.254. The van der Waals surface area contributed by atoms with Gasteiger partial charge in [-0.2, -0.15) is 0 Å². The SMILES string of the molecule is CCC(C)(C)CNc1cc(N2CCCCC2CO)ncn1. The first-order chi connectivity index (χ1) is 10.1. The van der Waals surface area contributed by atoms with Crippen LogP contribution in [0.4, 0.5) is 11.6 Å². The van der Waals surface area contributed by atoms with Crippen molar-refractivity contribution in [2.45, 2.75) is 52.5 Å². The number of nitrogens with zero attached hydrogens (tertiary/aromatic N) is 3. The minimum Gasteiger partial charge on any atom is -0.394 e. The summed E-state index contributed by atoms with van der Waals surface area (Å²) in [6.07, 6.45) is 6.11. The Labute approximate surface area is 127 Å². The van der Waals surface area contributed by atoms with Crippen LogP contribution in [0.5, 0.6) is 0 Å². The van der Waals surface area contributed by atoms with E-state index in [9.17, 15) is 5.11 Å². The third-order valence-corrected chi connectivity index (χ3v) is 4.49. The average molecular weight is 292 g/mol. The van der Waals surface area contributed by atoms with Crippen LogP contribution in [-0.4, -0.2) is 40.8 Å². The van der Waals surface area contributed by atoms with Crippen molar-refractivity contribution in [1.82, 2.24) is 9.97 Å². The first-order valence-corrected chi connectivity index (χ1v) is 7.99. The van der Waals surface area contributed by atoms with Gasteiger partial charge in [0.15, 0.2) is 0 Å². The molecule has 118 valence electrons. The number of aliphatic hydroxyl groups is 1. The van der Waals surface area contributed by atoms with Crippen LogP contribution in [0, 0.1) is 5.41 Å². The Morgan fingerprint density at radius 1 is 1.38 bits per heavy atom. The minimum atomic E-state index is 0.189. The van der Waals surface area contributed by atoms with E-state index in [1.165, 1.54) is 6.42 Å². The van der Waals surface area contributed by atoms with Crippen molar-refractivity contribution in [3.05, 3.63) is 12.4 Å². The van der Waals surface area contributed by atoms with Gasteiger partial charge in [-0.25, -0.2) is 9.97 Å². The fourth-order valence-corrected chi connectivity index (χ4v) is 2.55. The van der Waals surface area contributed by atoms with Crippen LogP contribution in [0.1, 0.15) is 46.5 Å². The van der Waals surface area contributed by atoms with Crippen LogP contribution in [0.15, 0.2) is 12.4 Å². The average Bonchev–Trinajstić information content (AvgIpc) is 2.53. The number of piperidine rings is 1. The molecule has 1 aliphatic rings. The molecule has 21 heavy (non-hydrogen) atoms. The summed E-state index contributed by atoms with van der Waals surface area (Å²) in [4.78, 5) is 10.9. The Bertz CT molecular complexity index is 450. The molecule has 5 heteroatoms. The standard InChI is InChI=1S/C16H28N4O/c1-4-16(2,3)11-17-14-9-15(19-12-18-14)20-8-6-5-7-13(20)10-21/h9,12-13,21H,4-8,10-11H2,1-3H3,(H,17,18,19). The van der Waals surface area contributed by atoms with Gasteiger partial charge in [0.25, 0.3) is 0 Å². The maximum absolute atomic E-state index is 9.53. The van der Waals surface area contributed by atoms with E-state index in [1.807, 2.05) is 6.07 Å². The van der Waals surface area contributed by atoms with Crippen molar-refractivity contribution in [1.29, 1.82) is 0 Å². The lowest BCUT2D eigenvalue weighted by Crippen LogP contribution is -2.42. The molecule has 2 N–H and O–H groups in total. The molecule has 1 aliphatic heterocycles. The maximum Gasteiger partial charge on any atom is 0.134 e. The number of aromatic nitrogens is 2. The van der Waals surface area contributed by atoms with Crippen molar-refractivity contribution in [2.24, 2.45) is 5.41 Å². The largest absolute Gasteiger partial charge is 0.394 e. The molecule has 1 atom stereocenters. The lowest BCUT2D eigenvalue weighted by molar-refractivity contribution is 0.239. The third kappa shape index (κ3) is 4.30. The van der Waals surface area contributed by atoms with Gasteiger partial charge in [0, 0.05) is 19.2 Å². The van der Waals surface area contributed by atoms with Gasteiger partial charge in [-0.3, -0.25) is 0 Å². The lowest BCUT2D eigenvalue weighted by Gasteiger charge is -2.35. The molecule has 1 saturated heterocycles. The maximum atomic E-state index is 9.53. The summed E-state index contributed by atoms with van der Waals surface area (Å²) < 4.78 is 0. The Kier molecular flexibility index (Phi) is 5.39. The molecule has 1 unspecified atom stereocenters. The molecule has 0 radical (unpaired) electrons. The van der Waals surface area contributed by atoms with Gasteiger partial charge < -0.3 is 15.3 Å². The third-order valence-electron chi connectivity index (χ3n) is 4.49. The van der Waals surface area contributed by atoms with E-state index in [4.69, 9.17) is 0 Å². The highest BCUT2D eigenvalue weighted by atomic mass is 16.3. The Morgan fingerprint density at radius 3 is 2.90 bits per heavy atom. The summed E-state index contributed by atoms with van der Waals surface area (Å²) in [5, 5.41) is 12.9. The zero-order valence-electron chi connectivity index (χ0n) is 13.5. The van der Waals surface area contributed by atoms with Gasteiger partial charge in [0.2, 0.25) is 0 Å². The Morgan fingerprint density at radius 2 is 2.19 bits per heavy atom. The van der Waals surface area contributed by atoms with Gasteiger partial charge in [-0.05, 0) is 31.1 Å². The van der Waals surface area contributed by atoms with Crippen LogP contribution in [0.2, 0.25) is 0 Å². The molecule has 0 bridgehead atoms. The quantitative estimate of drug-likeness (QED) is 0.844. The highest BCUT2D eigenvalue weighted by Crippen LogP contribution is 2.25. The number of aliphatic hydroxyl groups excluding tert-OH is 1. The van der Waals surface area contributed by atoms with Crippen LogP contribution in [0.3, 0.4) is 0 Å². The molecule has 0 spiro atoms. The second-order valence-electron chi connectivity index (χ2n) is 6.66. The van der Waals surface area contributed by atoms with Crippen LogP contribution in [0.25, 0.3) is 0 Å². The van der Waals surface area contributed by atoms with Crippen LogP contribution < -0.4 is 10.2 Å². The number of rotatable bonds is 6. The van der Waals surface area contributed by atoms with Gasteiger partial charge >= 0.3 is 0 Å². The molecule has 1 fully saturated rings. The Balaban J connectivity index is 2.06. The zero-order chi connectivity index (χ0) is 15.3. The summed E-state index contributed by atoms with van der Waals surface area (Å²) in [5.74, 6) is 1.78. The topological polar surface area (TPSA) is 61.3 Å². The van der Waals surface area contributed by atoms with Crippen molar-refractivity contribution in [3.63, 3.8) is 0 Å². The molecule has 0 saturated carbocycles. The molecule has 2 heterocycles. The fourth-order valence-electron chi connectivity index (χ4n) is 2.55. The fraction of sp³-hybridized carbons (Fsp3) is 0.750. The summed E-state index contributed by atoms with van der Waals surface area (Å²) in [6, 6.07) is 2.19. The van der Waals surface area contributed by atoms with Crippen molar-refractivity contribution in [3.8, 4) is 0 Å². The molecule has 1 aromatic heterocycles. The van der Waals surface area contributed by atoms with E-state index in [1.54, 1.807) is 6.33 Å². The van der Waals surface area contributed by atoms with Crippen LogP contribution in [-0.2, 0) is 0 Å². The van der Waals surface area contributed by atoms with Crippen molar-refractivity contribution < 1.29 is 5.11 Å².